The Morgan fingerprint density at radius 2 is 1.30 bits per heavy atom. The van der Waals surface area contributed by atoms with Gasteiger partial charge in [-0.3, -0.25) is 9.97 Å². The van der Waals surface area contributed by atoms with Gasteiger partial charge in [-0.2, -0.15) is 4.98 Å². The second-order valence-corrected chi connectivity index (χ2v) is 11.0. The summed E-state index contributed by atoms with van der Waals surface area (Å²) in [5.41, 5.74) is 5.07. The average molecular weight is 615 g/mol. The fourth-order valence-corrected chi connectivity index (χ4v) is 4.34. The van der Waals surface area contributed by atoms with Crippen molar-refractivity contribution in [2.45, 2.75) is 53.6 Å². The summed E-state index contributed by atoms with van der Waals surface area (Å²) in [6.45, 7) is 12.3. The molecule has 14 heteroatoms. The van der Waals surface area contributed by atoms with Gasteiger partial charge in [0.2, 0.25) is 5.28 Å². The van der Waals surface area contributed by atoms with E-state index in [9.17, 15) is 0 Å². The molecule has 0 aromatic carbocycles. The Kier molecular flexibility index (Phi) is 10.8. The van der Waals surface area contributed by atoms with E-state index in [0.29, 0.717) is 23.4 Å². The molecule has 0 aliphatic heterocycles. The number of hydrogen-bond acceptors (Lipinski definition) is 10. The van der Waals surface area contributed by atoms with Crippen molar-refractivity contribution in [1.29, 1.82) is 0 Å². The predicted octanol–water partition coefficient (Wildman–Crippen LogP) is 4.65. The van der Waals surface area contributed by atoms with Crippen molar-refractivity contribution in [3.8, 4) is 11.4 Å². The molecule has 0 aliphatic rings. The molecule has 0 spiro atoms. The molecular weight excluding hydrogens is 579 g/mol. The molecule has 0 aliphatic carbocycles. The molecule has 0 radical (unpaired) electrons. The molecule has 0 unspecified atom stereocenters. The number of fused-ring (bicyclic) bond motifs is 2. The topological polar surface area (TPSA) is 173 Å². The maximum absolute atomic E-state index is 8.54. The van der Waals surface area contributed by atoms with Crippen LogP contribution < -0.4 is 16.1 Å². The van der Waals surface area contributed by atoms with Crippen molar-refractivity contribution in [1.82, 2.24) is 39.9 Å². The molecule has 228 valence electrons. The lowest BCUT2D eigenvalue weighted by Crippen LogP contribution is -2.29. The number of aromatic amines is 2. The van der Waals surface area contributed by atoms with Crippen LogP contribution in [0.2, 0.25) is 5.28 Å². The van der Waals surface area contributed by atoms with E-state index in [0.717, 1.165) is 50.7 Å². The van der Waals surface area contributed by atoms with E-state index in [2.05, 4.69) is 84.3 Å². The number of halogens is 1. The molecule has 0 bridgehead atoms. The lowest BCUT2D eigenvalue weighted by atomic mass is 9.82. The summed E-state index contributed by atoms with van der Waals surface area (Å²) in [7, 11) is -1.40. The highest BCUT2D eigenvalue weighted by Crippen LogP contribution is 2.26. The van der Waals surface area contributed by atoms with Gasteiger partial charge in [0.1, 0.15) is 22.9 Å². The molecule has 6 rings (SSSR count). The SMILES string of the molecule is Cc1cc2c(NC(C)C)nc(-c3cccnc3)nc2[nH]1.Cc1cc2c(NC(C)C)nc(Cl)nc2[nH]1.OB(O)c1cccnc1. The van der Waals surface area contributed by atoms with Crippen molar-refractivity contribution in [2.24, 2.45) is 0 Å². The molecule has 6 aromatic rings. The first-order valence-electron chi connectivity index (χ1n) is 14.1. The van der Waals surface area contributed by atoms with Crippen molar-refractivity contribution in [3.63, 3.8) is 0 Å². The number of nitrogens with one attached hydrogen (secondary N) is 4. The van der Waals surface area contributed by atoms with Crippen molar-refractivity contribution in [2.75, 3.05) is 10.6 Å². The second-order valence-electron chi connectivity index (χ2n) is 10.7. The number of hydrogen-bond donors (Lipinski definition) is 6. The van der Waals surface area contributed by atoms with E-state index in [1.165, 1.54) is 6.20 Å². The first-order chi connectivity index (χ1) is 21.0. The van der Waals surface area contributed by atoms with Gasteiger partial charge in [0, 0.05) is 59.3 Å². The molecule has 6 heterocycles. The van der Waals surface area contributed by atoms with Gasteiger partial charge in [0.05, 0.1) is 10.8 Å². The Labute approximate surface area is 261 Å². The molecular formula is C30H36BClN10O2. The average Bonchev–Trinajstić information content (AvgIpc) is 3.55. The van der Waals surface area contributed by atoms with E-state index in [1.54, 1.807) is 30.7 Å². The molecule has 12 nitrogen and oxygen atoms in total. The van der Waals surface area contributed by atoms with E-state index < -0.39 is 7.12 Å². The summed E-state index contributed by atoms with van der Waals surface area (Å²) in [6.07, 6.45) is 6.50. The van der Waals surface area contributed by atoms with Crippen LogP contribution in [0.15, 0.2) is 61.2 Å². The highest BCUT2D eigenvalue weighted by molar-refractivity contribution is 6.58. The first-order valence-corrected chi connectivity index (χ1v) is 14.5. The van der Waals surface area contributed by atoms with Crippen LogP contribution in [0.1, 0.15) is 39.1 Å². The fraction of sp³-hybridized carbons (Fsp3) is 0.267. The van der Waals surface area contributed by atoms with E-state index in [-0.39, 0.29) is 5.28 Å². The zero-order valence-electron chi connectivity index (χ0n) is 25.5. The summed E-state index contributed by atoms with van der Waals surface area (Å²) in [5.74, 6) is 2.31. The smallest absolute Gasteiger partial charge is 0.423 e. The van der Waals surface area contributed by atoms with Gasteiger partial charge < -0.3 is 30.6 Å². The molecule has 0 fully saturated rings. The molecule has 0 amide bonds. The summed E-state index contributed by atoms with van der Waals surface area (Å²) in [4.78, 5) is 31.8. The highest BCUT2D eigenvalue weighted by atomic mass is 35.5. The van der Waals surface area contributed by atoms with Crippen molar-refractivity contribution < 1.29 is 10.0 Å². The number of aromatic nitrogens is 8. The van der Waals surface area contributed by atoms with Crippen LogP contribution >= 0.6 is 11.6 Å². The maximum atomic E-state index is 8.54. The van der Waals surface area contributed by atoms with Crippen LogP contribution in [0, 0.1) is 13.8 Å². The zero-order chi connectivity index (χ0) is 31.8. The Hall–Kier alpha value is -4.59. The molecule has 0 saturated heterocycles. The minimum atomic E-state index is -1.40. The molecule has 0 saturated carbocycles. The molecule has 0 atom stereocenters. The van der Waals surface area contributed by atoms with Gasteiger partial charge in [0.15, 0.2) is 5.82 Å². The summed E-state index contributed by atoms with van der Waals surface area (Å²) in [5, 5.41) is 26.0. The van der Waals surface area contributed by atoms with Crippen LogP contribution in [0.4, 0.5) is 11.6 Å². The van der Waals surface area contributed by atoms with Crippen LogP contribution in [-0.4, -0.2) is 69.1 Å². The third-order valence-electron chi connectivity index (χ3n) is 5.97. The van der Waals surface area contributed by atoms with Crippen LogP contribution in [0.25, 0.3) is 33.5 Å². The standard InChI is InChI=1S/C15H17N5.C10H13ClN4.C5H6BNO2/c1-9(2)17-14-12-7-10(3)18-15(12)20-13(19-14)11-5-4-6-16-8-11;1-5(2)12-8-7-4-6(3)13-9(7)15-10(11)14-8;8-6(9)5-2-1-3-7-4-5/h4-9H,1-3H3,(H2,17,18,19,20);4-5H,1-3H3,(H2,12,13,14,15);1-4,8-9H. The Bertz CT molecular complexity index is 1790. The largest absolute Gasteiger partial charge is 0.490 e. The van der Waals surface area contributed by atoms with Gasteiger partial charge in [-0.05, 0) is 83.5 Å². The quantitative estimate of drug-likeness (QED) is 0.114. The van der Waals surface area contributed by atoms with Crippen molar-refractivity contribution in [3.05, 3.63) is 77.9 Å². The summed E-state index contributed by atoms with van der Waals surface area (Å²) >= 11 is 5.83. The molecule has 6 aromatic heterocycles. The van der Waals surface area contributed by atoms with Crippen LogP contribution in [0.3, 0.4) is 0 Å². The Morgan fingerprint density at radius 1 is 0.750 bits per heavy atom. The first kappa shape index (κ1) is 32.3. The molecule has 6 N–H and O–H groups in total. The van der Waals surface area contributed by atoms with Crippen molar-refractivity contribution >= 4 is 57.9 Å². The highest BCUT2D eigenvalue weighted by Gasteiger charge is 2.13. The fourth-order valence-electron chi connectivity index (χ4n) is 4.17. The second kappa shape index (κ2) is 14.7. The monoisotopic (exact) mass is 614 g/mol. The lowest BCUT2D eigenvalue weighted by Gasteiger charge is -2.11. The number of anilines is 2. The van der Waals surface area contributed by atoms with Crippen LogP contribution in [0.5, 0.6) is 0 Å². The zero-order valence-corrected chi connectivity index (χ0v) is 26.2. The predicted molar refractivity (Wildman–Crippen MR) is 177 cm³/mol. The van der Waals surface area contributed by atoms with E-state index in [4.69, 9.17) is 21.6 Å². The van der Waals surface area contributed by atoms with E-state index in [1.807, 2.05) is 32.0 Å². The van der Waals surface area contributed by atoms with Gasteiger partial charge >= 0.3 is 7.12 Å². The number of pyridine rings is 2. The van der Waals surface area contributed by atoms with Crippen LogP contribution in [-0.2, 0) is 0 Å². The normalized spacial score (nSPS) is 10.8. The third kappa shape index (κ3) is 8.72. The minimum Gasteiger partial charge on any atom is -0.423 e. The van der Waals surface area contributed by atoms with E-state index >= 15 is 0 Å². The maximum Gasteiger partial charge on any atom is 0.490 e. The van der Waals surface area contributed by atoms with Gasteiger partial charge in [-0.15, -0.1) is 0 Å². The number of nitrogens with zero attached hydrogens (tertiary/aromatic N) is 6. The summed E-state index contributed by atoms with van der Waals surface area (Å²) in [6, 6.07) is 11.8. The Morgan fingerprint density at radius 3 is 1.77 bits per heavy atom. The van der Waals surface area contributed by atoms with Gasteiger partial charge in [0.25, 0.3) is 0 Å². The lowest BCUT2D eigenvalue weighted by molar-refractivity contribution is 0.425. The number of H-pyrrole nitrogens is 2. The number of aryl methyl sites for hydroxylation is 2. The Balaban J connectivity index is 0.000000162. The third-order valence-corrected chi connectivity index (χ3v) is 6.14. The minimum absolute atomic E-state index is 0.257. The number of rotatable bonds is 6. The van der Waals surface area contributed by atoms with Gasteiger partial charge in [-0.25, -0.2) is 15.0 Å². The summed E-state index contributed by atoms with van der Waals surface area (Å²) < 4.78 is 0. The van der Waals surface area contributed by atoms with Gasteiger partial charge in [-0.1, -0.05) is 6.07 Å². The molecule has 44 heavy (non-hydrogen) atoms.